The molecule has 0 aliphatic rings. The van der Waals surface area contributed by atoms with Gasteiger partial charge in [-0.2, -0.15) is 0 Å². The van der Waals surface area contributed by atoms with E-state index in [1.807, 2.05) is 0 Å². The molecule has 0 N–H and O–H groups in total. The van der Waals surface area contributed by atoms with Gasteiger partial charge in [-0.05, 0) is 246 Å². The molecule has 0 bridgehead atoms. The van der Waals surface area contributed by atoms with Gasteiger partial charge in [0.1, 0.15) is 25.9 Å². The fourth-order valence-electron chi connectivity index (χ4n) is 14.8. The molecule has 0 fully saturated rings. The van der Waals surface area contributed by atoms with Crippen molar-refractivity contribution in [2.24, 2.45) is 0 Å². The number of carbonyl (C=O) groups excluding carboxylic acids is 4. The van der Waals surface area contributed by atoms with Crippen LogP contribution in [-0.2, 0) is 98.3 Å². The minimum absolute atomic E-state index is 0. The largest absolute Gasteiger partial charge is 0.756 e. The van der Waals surface area contributed by atoms with Crippen LogP contribution in [0.5, 0.6) is 0 Å². The molecule has 0 aliphatic carbocycles. The molecule has 0 aliphatic heterocycles. The Kier molecular flexibility index (Phi) is 64.2. The van der Waals surface area contributed by atoms with Gasteiger partial charge in [-0.3, -0.25) is 28.3 Å². The predicted molar refractivity (Wildman–Crippen MR) is 517 cm³/mol. The lowest BCUT2D eigenvalue weighted by atomic mass is 10.1. The standard InChI is InChI=1S/2C40H91O12PSi6.CH4/c1-16-33-47-53(43,44)48-38(36-45-39(41)31-27-23-19-17-21-25-29-34-56(8,9)51-58(12,13)49-54(2,3)4)37-46-40(42)32-28-24-20-18-22-26-30-35-57(10,11)52-59(14,15)50-55(5,6)7;1-16-33-46-53(43,44)47-37-38(48-40(42)32-28-24-20-18-22-26-30-35-57(10,11)52-59(14,15)50-55(5,6)7)36-45-39(41)31-27-23-19-17-21-25-29-34-56(8,9)51-58(12,13)49-54(2,3)4;/h2*38H,16-37H2,1-15H3,(H,43,44);1H4/p-2. The molecular weight excluding hydrogens is 1760 g/mol. The Morgan fingerprint density at radius 1 is 0.269 bits per heavy atom. The molecule has 0 rings (SSSR count). The van der Waals surface area contributed by atoms with Crippen LogP contribution in [0.15, 0.2) is 0 Å². The maximum atomic E-state index is 12.7. The molecule has 0 saturated heterocycles. The molecule has 0 aromatic heterocycles. The van der Waals surface area contributed by atoms with Gasteiger partial charge in [0.15, 0.2) is 72.6 Å². The summed E-state index contributed by atoms with van der Waals surface area (Å²) in [6.07, 6.45) is 28.6. The van der Waals surface area contributed by atoms with Gasteiger partial charge in [-0.25, -0.2) is 0 Å². The van der Waals surface area contributed by atoms with Gasteiger partial charge in [-0.15, -0.1) is 0 Å². The third kappa shape index (κ3) is 81.4. The Morgan fingerprint density at radius 3 is 0.714 bits per heavy atom. The highest BCUT2D eigenvalue weighted by Crippen LogP contribution is 2.41. The Hall–Kier alpha value is 0.383. The number of phosphoric acid groups is 2. The normalized spacial score (nSPS) is 14.6. The number of hydrogen-bond donors (Lipinski definition) is 0. The van der Waals surface area contributed by atoms with Crippen molar-refractivity contribution in [1.29, 1.82) is 0 Å². The summed E-state index contributed by atoms with van der Waals surface area (Å²) in [6, 6.07) is 4.53. The zero-order valence-corrected chi connectivity index (χ0v) is 94.7. The number of carbonyl (C=O) groups is 4. The molecule has 24 nitrogen and oxygen atoms in total. The molecular formula is C81H184O24P2Si12-2. The summed E-state index contributed by atoms with van der Waals surface area (Å²) >= 11 is 0. The molecule has 0 aromatic carbocycles. The first-order valence-electron chi connectivity index (χ1n) is 45.4. The number of rotatable bonds is 74. The summed E-state index contributed by atoms with van der Waals surface area (Å²) in [4.78, 5) is 74.8. The molecule has 0 spiro atoms. The van der Waals surface area contributed by atoms with Crippen LogP contribution in [0.25, 0.3) is 0 Å². The van der Waals surface area contributed by atoms with E-state index >= 15 is 0 Å². The number of esters is 4. The second kappa shape index (κ2) is 61.9. The summed E-state index contributed by atoms with van der Waals surface area (Å²) in [5, 5.41) is 0. The van der Waals surface area contributed by atoms with Gasteiger partial charge in [0.25, 0.3) is 15.6 Å². The van der Waals surface area contributed by atoms with Crippen molar-refractivity contribution in [2.75, 3.05) is 39.6 Å². The number of hydrogen-bond acceptors (Lipinski definition) is 24. The van der Waals surface area contributed by atoms with Crippen LogP contribution < -0.4 is 9.79 Å². The predicted octanol–water partition coefficient (Wildman–Crippen LogP) is 24.9. The van der Waals surface area contributed by atoms with Crippen molar-refractivity contribution in [3.05, 3.63) is 0 Å². The van der Waals surface area contributed by atoms with Crippen molar-refractivity contribution in [3.63, 3.8) is 0 Å². The van der Waals surface area contributed by atoms with Crippen LogP contribution in [0.2, 0.25) is 207 Å². The summed E-state index contributed by atoms with van der Waals surface area (Å²) in [7, 11) is -31.3. The first kappa shape index (κ1) is 124. The lowest BCUT2D eigenvalue weighted by molar-refractivity contribution is -0.233. The first-order valence-corrected chi connectivity index (χ1v) is 85.7. The SMILES string of the molecule is C.CCCOP(=O)([O-])OC(COC(=O)CCCCCCCCC[Si](C)(C)O[Si](C)(C)O[Si](C)(C)C)COC(=O)CCCCCCCCC[Si](C)(C)O[Si](C)(C)O[Si](C)(C)C.CCCOP(=O)([O-])OCC(COC(=O)CCCCCCCCC[Si](C)(C)O[Si](C)(C)O[Si](C)(C)C)OC(=O)CCCCCCCCC[Si](C)(C)O[Si](C)(C)O[Si](C)(C)C. The molecule has 0 radical (unpaired) electrons. The van der Waals surface area contributed by atoms with Gasteiger partial charge in [0.05, 0.1) is 19.8 Å². The summed E-state index contributed by atoms with van der Waals surface area (Å²) < 4.78 is 118. The van der Waals surface area contributed by atoms with Crippen LogP contribution in [0.4, 0.5) is 0 Å². The average Bonchev–Trinajstić information content (AvgIpc) is 0.860. The second-order valence-corrected chi connectivity index (χ2v) is 94.0. The van der Waals surface area contributed by atoms with Gasteiger partial charge < -0.3 is 79.8 Å². The summed E-state index contributed by atoms with van der Waals surface area (Å²) in [6.45, 7) is 64.5. The van der Waals surface area contributed by atoms with Crippen molar-refractivity contribution >= 4 is 140 Å². The summed E-state index contributed by atoms with van der Waals surface area (Å²) in [5.41, 5.74) is 0. The lowest BCUT2D eigenvalue weighted by Crippen LogP contribution is -2.51. The molecule has 0 amide bonds. The Bertz CT molecular complexity index is 2710. The molecule has 0 heterocycles. The van der Waals surface area contributed by atoms with E-state index in [1.54, 1.807) is 13.8 Å². The van der Waals surface area contributed by atoms with Crippen molar-refractivity contribution in [3.8, 4) is 0 Å². The molecule has 3 unspecified atom stereocenters. The van der Waals surface area contributed by atoms with Gasteiger partial charge >= 0.3 is 58.1 Å². The van der Waals surface area contributed by atoms with Gasteiger partial charge in [-0.1, -0.05) is 175 Å². The molecule has 3 atom stereocenters. The van der Waals surface area contributed by atoms with Crippen molar-refractivity contribution in [2.45, 2.75) is 459 Å². The van der Waals surface area contributed by atoms with Gasteiger partial charge in [0.2, 0.25) is 0 Å². The molecule has 712 valence electrons. The highest BCUT2D eigenvalue weighted by molar-refractivity contribution is 7.46. The number of phosphoric ester groups is 2. The quantitative estimate of drug-likeness (QED) is 0.0180. The molecule has 38 heteroatoms. The Morgan fingerprint density at radius 2 is 0.479 bits per heavy atom. The zero-order chi connectivity index (χ0) is 90.9. The van der Waals surface area contributed by atoms with Crippen LogP contribution in [-0.4, -0.2) is 177 Å². The maximum absolute atomic E-state index is 12.7. The average molecular weight is 1940 g/mol. The Balaban J connectivity index is -0.00000224. The highest BCUT2D eigenvalue weighted by atomic mass is 31.2. The highest BCUT2D eigenvalue weighted by Gasteiger charge is 2.42. The van der Waals surface area contributed by atoms with Crippen molar-refractivity contribution in [1.82, 2.24) is 0 Å². The fourth-order valence-corrected chi connectivity index (χ4v) is 69.7. The minimum atomic E-state index is -4.67. The van der Waals surface area contributed by atoms with E-state index in [-0.39, 0.29) is 66.1 Å². The van der Waals surface area contributed by atoms with E-state index in [9.17, 15) is 38.1 Å². The lowest BCUT2D eigenvalue weighted by Gasteiger charge is -2.37. The van der Waals surface area contributed by atoms with E-state index in [0.717, 1.165) is 159 Å². The summed E-state index contributed by atoms with van der Waals surface area (Å²) in [5.74, 6) is -1.75. The zero-order valence-electron chi connectivity index (χ0n) is 81.0. The maximum Gasteiger partial charge on any atom is 0.311 e. The molecule has 119 heavy (non-hydrogen) atoms. The first-order chi connectivity index (χ1) is 53.9. The van der Waals surface area contributed by atoms with Crippen LogP contribution >= 0.6 is 15.6 Å². The third-order valence-corrected chi connectivity index (χ3v) is 60.7. The van der Waals surface area contributed by atoms with E-state index in [1.165, 1.54) is 19.3 Å². The van der Waals surface area contributed by atoms with Gasteiger partial charge in [0, 0.05) is 25.7 Å². The van der Waals surface area contributed by atoms with Crippen LogP contribution in [0.3, 0.4) is 0 Å². The van der Waals surface area contributed by atoms with Crippen molar-refractivity contribution < 1.29 is 108 Å². The van der Waals surface area contributed by atoms with E-state index in [4.69, 9.17) is 70.0 Å². The molecule has 0 aromatic rings. The Labute approximate surface area is 742 Å². The van der Waals surface area contributed by atoms with Crippen LogP contribution in [0.1, 0.15) is 240 Å². The fraction of sp³-hybridized carbons (Fsp3) is 0.951. The molecule has 0 saturated carbocycles. The monoisotopic (exact) mass is 1940 g/mol. The third-order valence-electron chi connectivity index (χ3n) is 18.1. The van der Waals surface area contributed by atoms with E-state index in [0.29, 0.717) is 38.5 Å². The number of unbranched alkanes of at least 4 members (excludes halogenated alkanes) is 24. The van der Waals surface area contributed by atoms with E-state index < -0.39 is 159 Å². The second-order valence-electron chi connectivity index (χ2n) is 40.5. The topological polar surface area (TPSA) is 296 Å². The minimum Gasteiger partial charge on any atom is -0.756 e. The van der Waals surface area contributed by atoms with E-state index in [2.05, 4.69) is 183 Å². The van der Waals surface area contributed by atoms with Crippen LogP contribution in [0, 0.1) is 0 Å². The number of ether oxygens (including phenoxy) is 4. The smallest absolute Gasteiger partial charge is 0.311 e.